The summed E-state index contributed by atoms with van der Waals surface area (Å²) < 4.78 is 27.6. The molecule has 2 nitrogen and oxygen atoms in total. The van der Waals surface area contributed by atoms with Gasteiger partial charge >= 0.3 is 0 Å². The van der Waals surface area contributed by atoms with Crippen LogP contribution in [0.2, 0.25) is 0 Å². The van der Waals surface area contributed by atoms with Crippen molar-refractivity contribution in [3.05, 3.63) is 17.7 Å². The third-order valence-electron chi connectivity index (χ3n) is 1.93. The maximum Gasteiger partial charge on any atom is 0.290 e. The molecule has 0 atom stereocenters. The molecular weight excluding hydrogens is 162 g/mol. The average Bonchev–Trinajstić information content (AvgIpc) is 2.33. The predicted octanol–water partition coefficient (Wildman–Crippen LogP) is 2.23. The molecule has 0 saturated heterocycles. The molecule has 0 unspecified atom stereocenters. The summed E-state index contributed by atoms with van der Waals surface area (Å²) in [6, 6.07) is 0. The summed E-state index contributed by atoms with van der Waals surface area (Å²) in [5.74, 6) is -2.18. The van der Waals surface area contributed by atoms with Gasteiger partial charge in [-0.15, -0.1) is 0 Å². The van der Waals surface area contributed by atoms with Crippen LogP contribution in [-0.2, 0) is 13.0 Å². The van der Waals surface area contributed by atoms with Crippen LogP contribution in [0.3, 0.4) is 0 Å². The first-order chi connectivity index (χ1) is 5.47. The first kappa shape index (κ1) is 9.16. The minimum absolute atomic E-state index is 0.134. The molecule has 68 valence electrons. The molecule has 0 radical (unpaired) electrons. The summed E-state index contributed by atoms with van der Waals surface area (Å²) >= 11 is 0. The molecule has 0 amide bonds. The summed E-state index contributed by atoms with van der Waals surface area (Å²) in [7, 11) is 1.71. The largest absolute Gasteiger partial charge is 0.338 e. The van der Waals surface area contributed by atoms with E-state index in [1.807, 2.05) is 0 Å². The number of halogens is 2. The van der Waals surface area contributed by atoms with Crippen molar-refractivity contribution in [1.29, 1.82) is 0 Å². The van der Waals surface area contributed by atoms with Crippen LogP contribution in [-0.4, -0.2) is 9.55 Å². The zero-order valence-electron chi connectivity index (χ0n) is 7.43. The van der Waals surface area contributed by atoms with Crippen molar-refractivity contribution in [3.63, 3.8) is 0 Å². The molecule has 4 heteroatoms. The number of aromatic nitrogens is 2. The second kappa shape index (κ2) is 2.84. The molecular formula is C8H12F2N2. The lowest BCUT2D eigenvalue weighted by Crippen LogP contribution is -2.11. The lowest BCUT2D eigenvalue weighted by atomic mass is 10.2. The van der Waals surface area contributed by atoms with Gasteiger partial charge < -0.3 is 4.57 Å². The van der Waals surface area contributed by atoms with Crippen LogP contribution in [0.4, 0.5) is 8.78 Å². The number of hydrogen-bond acceptors (Lipinski definition) is 1. The molecule has 0 aliphatic carbocycles. The van der Waals surface area contributed by atoms with Crippen LogP contribution in [0, 0.1) is 6.92 Å². The SMILES string of the molecule is CCC(F)(F)c1cn(C)c(C)n1. The standard InChI is InChI=1S/C8H12F2N2/c1-4-8(9,10)7-5-12(3)6(2)11-7/h5H,4H2,1-3H3. The lowest BCUT2D eigenvalue weighted by Gasteiger charge is -2.09. The fraction of sp³-hybridized carbons (Fsp3) is 0.625. The topological polar surface area (TPSA) is 17.8 Å². The van der Waals surface area contributed by atoms with Gasteiger partial charge in [0.1, 0.15) is 11.5 Å². The first-order valence-corrected chi connectivity index (χ1v) is 3.85. The number of rotatable bonds is 2. The average molecular weight is 174 g/mol. The van der Waals surface area contributed by atoms with Crippen molar-refractivity contribution in [1.82, 2.24) is 9.55 Å². The van der Waals surface area contributed by atoms with Crippen molar-refractivity contribution in [2.75, 3.05) is 0 Å². The molecule has 12 heavy (non-hydrogen) atoms. The van der Waals surface area contributed by atoms with E-state index in [2.05, 4.69) is 4.98 Å². The number of imidazole rings is 1. The Bertz CT molecular complexity index is 259. The molecule has 0 spiro atoms. The summed E-state index contributed by atoms with van der Waals surface area (Å²) in [4.78, 5) is 3.77. The van der Waals surface area contributed by atoms with Crippen molar-refractivity contribution in [2.24, 2.45) is 7.05 Å². The quantitative estimate of drug-likeness (QED) is 0.672. The number of hydrogen-bond donors (Lipinski definition) is 0. The number of aryl methyl sites for hydroxylation is 2. The van der Waals surface area contributed by atoms with Gasteiger partial charge in [-0.05, 0) is 6.92 Å². The van der Waals surface area contributed by atoms with Gasteiger partial charge in [-0.2, -0.15) is 8.78 Å². The normalized spacial score (nSPS) is 12.1. The van der Waals surface area contributed by atoms with E-state index in [1.54, 1.807) is 18.5 Å². The Morgan fingerprint density at radius 2 is 2.17 bits per heavy atom. The first-order valence-electron chi connectivity index (χ1n) is 3.85. The van der Waals surface area contributed by atoms with Gasteiger partial charge in [-0.25, -0.2) is 4.98 Å². The zero-order chi connectivity index (χ0) is 9.35. The van der Waals surface area contributed by atoms with Crippen LogP contribution < -0.4 is 0 Å². The summed E-state index contributed by atoms with van der Waals surface area (Å²) in [6.07, 6.45) is 1.17. The minimum atomic E-state index is -2.79. The summed E-state index contributed by atoms with van der Waals surface area (Å²) in [6.45, 7) is 3.15. The third kappa shape index (κ3) is 1.47. The highest BCUT2D eigenvalue weighted by Crippen LogP contribution is 2.29. The van der Waals surface area contributed by atoms with E-state index >= 15 is 0 Å². The molecule has 1 heterocycles. The molecule has 0 saturated carbocycles. The molecule has 0 aliphatic rings. The molecule has 0 aliphatic heterocycles. The van der Waals surface area contributed by atoms with Gasteiger partial charge in [0, 0.05) is 19.7 Å². The van der Waals surface area contributed by atoms with E-state index < -0.39 is 5.92 Å². The van der Waals surface area contributed by atoms with Gasteiger partial charge in [-0.3, -0.25) is 0 Å². The van der Waals surface area contributed by atoms with Crippen molar-refractivity contribution < 1.29 is 8.78 Å². The third-order valence-corrected chi connectivity index (χ3v) is 1.93. The highest BCUT2D eigenvalue weighted by Gasteiger charge is 2.31. The Morgan fingerprint density at radius 1 is 1.58 bits per heavy atom. The zero-order valence-corrected chi connectivity index (χ0v) is 7.43. The van der Waals surface area contributed by atoms with E-state index in [4.69, 9.17) is 0 Å². The van der Waals surface area contributed by atoms with E-state index in [0.717, 1.165) is 0 Å². The maximum absolute atomic E-state index is 13.0. The Kier molecular flexibility index (Phi) is 2.17. The molecule has 1 aromatic rings. The van der Waals surface area contributed by atoms with E-state index in [1.165, 1.54) is 13.1 Å². The van der Waals surface area contributed by atoms with E-state index in [9.17, 15) is 8.78 Å². The molecule has 0 N–H and O–H groups in total. The van der Waals surface area contributed by atoms with Gasteiger partial charge in [0.05, 0.1) is 0 Å². The van der Waals surface area contributed by atoms with Crippen LogP contribution >= 0.6 is 0 Å². The molecule has 1 rings (SSSR count). The van der Waals surface area contributed by atoms with Gasteiger partial charge in [0.2, 0.25) is 0 Å². The van der Waals surface area contributed by atoms with Crippen molar-refractivity contribution in [3.8, 4) is 0 Å². The van der Waals surface area contributed by atoms with Crippen LogP contribution in [0.25, 0.3) is 0 Å². The maximum atomic E-state index is 13.0. The van der Waals surface area contributed by atoms with Crippen LogP contribution in [0.15, 0.2) is 6.20 Å². The molecule has 0 fully saturated rings. The monoisotopic (exact) mass is 174 g/mol. The second-order valence-electron chi connectivity index (χ2n) is 2.84. The van der Waals surface area contributed by atoms with Gasteiger partial charge in [0.15, 0.2) is 0 Å². The molecule has 0 aromatic carbocycles. The summed E-state index contributed by atoms with van der Waals surface area (Å²) in [5.41, 5.74) is -0.134. The Labute approximate surface area is 70.2 Å². The number of nitrogens with zero attached hydrogens (tertiary/aromatic N) is 2. The highest BCUT2D eigenvalue weighted by molar-refractivity contribution is 5.08. The van der Waals surface area contributed by atoms with Crippen molar-refractivity contribution >= 4 is 0 Å². The molecule has 0 bridgehead atoms. The Hall–Kier alpha value is -0.930. The fourth-order valence-electron chi connectivity index (χ4n) is 0.916. The fourth-order valence-corrected chi connectivity index (χ4v) is 0.916. The van der Waals surface area contributed by atoms with Gasteiger partial charge in [-0.1, -0.05) is 6.92 Å². The predicted molar refractivity (Wildman–Crippen MR) is 42.1 cm³/mol. The lowest BCUT2D eigenvalue weighted by molar-refractivity contribution is -0.0125. The minimum Gasteiger partial charge on any atom is -0.338 e. The highest BCUT2D eigenvalue weighted by atomic mass is 19.3. The molecule has 1 aromatic heterocycles. The van der Waals surface area contributed by atoms with E-state index in [0.29, 0.717) is 5.82 Å². The van der Waals surface area contributed by atoms with Gasteiger partial charge in [0.25, 0.3) is 5.92 Å². The number of alkyl halides is 2. The summed E-state index contributed by atoms with van der Waals surface area (Å²) in [5, 5.41) is 0. The Morgan fingerprint density at radius 3 is 2.50 bits per heavy atom. The van der Waals surface area contributed by atoms with Crippen molar-refractivity contribution in [2.45, 2.75) is 26.2 Å². The van der Waals surface area contributed by atoms with E-state index in [-0.39, 0.29) is 12.1 Å². The van der Waals surface area contributed by atoms with Crippen LogP contribution in [0.5, 0.6) is 0 Å². The smallest absolute Gasteiger partial charge is 0.290 e. The van der Waals surface area contributed by atoms with Crippen LogP contribution in [0.1, 0.15) is 24.9 Å². The Balaban J connectivity index is 3.04. The second-order valence-corrected chi connectivity index (χ2v) is 2.84.